The molecule has 0 aromatic heterocycles. The summed E-state index contributed by atoms with van der Waals surface area (Å²) in [7, 11) is 0. The number of amides is 1. The fourth-order valence-electron chi connectivity index (χ4n) is 2.23. The molecule has 6 nitrogen and oxygen atoms in total. The van der Waals surface area contributed by atoms with Crippen molar-refractivity contribution in [2.24, 2.45) is 0 Å². The van der Waals surface area contributed by atoms with E-state index in [1.807, 2.05) is 6.07 Å². The van der Waals surface area contributed by atoms with Gasteiger partial charge in [0.25, 0.3) is 5.91 Å². The molecule has 0 atom stereocenters. The normalized spacial score (nSPS) is 9.70. The second-order valence-electron chi connectivity index (χ2n) is 4.71. The van der Waals surface area contributed by atoms with Crippen LogP contribution in [0.1, 0.15) is 28.4 Å². The molecule has 2 aromatic carbocycles. The lowest BCUT2D eigenvalue weighted by Gasteiger charge is -2.11. The molecule has 0 radical (unpaired) electrons. The number of nitrogens with one attached hydrogen (secondary N) is 1. The number of rotatable bonds is 3. The minimum Gasteiger partial charge on any atom is -0.504 e. The lowest BCUT2D eigenvalue weighted by Crippen LogP contribution is -2.22. The lowest BCUT2D eigenvalue weighted by atomic mass is 9.93. The first-order chi connectivity index (χ1) is 11.0. The number of hydrogen-bond acceptors (Lipinski definition) is 5. The predicted molar refractivity (Wildman–Crippen MR) is 82.6 cm³/mol. The fourth-order valence-corrected chi connectivity index (χ4v) is 2.23. The van der Waals surface area contributed by atoms with Crippen LogP contribution >= 0.6 is 0 Å². The van der Waals surface area contributed by atoms with Crippen LogP contribution in [0.3, 0.4) is 0 Å². The third-order valence-electron chi connectivity index (χ3n) is 3.26. The molecule has 0 unspecified atom stereocenters. The molecule has 0 heterocycles. The van der Waals surface area contributed by atoms with Gasteiger partial charge in [-0.25, -0.2) is 0 Å². The van der Waals surface area contributed by atoms with E-state index in [0.717, 1.165) is 6.07 Å². The largest absolute Gasteiger partial charge is 0.504 e. The van der Waals surface area contributed by atoms with Gasteiger partial charge in [0.15, 0.2) is 11.5 Å². The molecular formula is C17H13N3O3. The molecule has 2 aromatic rings. The molecule has 3 N–H and O–H groups in total. The summed E-state index contributed by atoms with van der Waals surface area (Å²) < 4.78 is 0. The molecule has 2 rings (SSSR count). The molecule has 0 aliphatic carbocycles. The first-order valence-corrected chi connectivity index (χ1v) is 6.81. The van der Waals surface area contributed by atoms with Crippen molar-refractivity contribution in [1.82, 2.24) is 5.32 Å². The topological polar surface area (TPSA) is 117 Å². The summed E-state index contributed by atoms with van der Waals surface area (Å²) in [4.78, 5) is 11.9. The Morgan fingerprint density at radius 3 is 2.57 bits per heavy atom. The van der Waals surface area contributed by atoms with E-state index in [9.17, 15) is 25.5 Å². The number of phenolic OH excluding ortho intramolecular Hbond substituents is 2. The smallest absolute Gasteiger partial charge is 0.251 e. The molecule has 0 spiro atoms. The Morgan fingerprint density at radius 2 is 1.96 bits per heavy atom. The van der Waals surface area contributed by atoms with Crippen molar-refractivity contribution in [2.75, 3.05) is 6.54 Å². The van der Waals surface area contributed by atoms with E-state index >= 15 is 0 Å². The number of aromatic hydroxyl groups is 2. The standard InChI is InChI=1S/C17H13N3O3/c1-2-20-17(23)11-5-3-4-10(6-11)15-12(8-18)7-14(21)16(22)13(15)9-19/h3-7,21-22H,2H2,1H3,(H,20,23). The van der Waals surface area contributed by atoms with Crippen LogP contribution in [0, 0.1) is 22.7 Å². The fraction of sp³-hybridized carbons (Fsp3) is 0.118. The van der Waals surface area contributed by atoms with Crippen LogP contribution in [0.2, 0.25) is 0 Å². The maximum atomic E-state index is 11.9. The molecule has 0 fully saturated rings. The number of carbonyl (C=O) groups excluding carboxylic acids is 1. The van der Waals surface area contributed by atoms with Crippen LogP contribution in [-0.4, -0.2) is 22.7 Å². The Morgan fingerprint density at radius 1 is 1.22 bits per heavy atom. The van der Waals surface area contributed by atoms with Gasteiger partial charge in [-0.05, 0) is 24.6 Å². The van der Waals surface area contributed by atoms with Crippen molar-refractivity contribution in [3.8, 4) is 34.8 Å². The van der Waals surface area contributed by atoms with Crippen molar-refractivity contribution in [2.45, 2.75) is 6.92 Å². The SMILES string of the molecule is CCNC(=O)c1cccc(-c2c(C#N)cc(O)c(O)c2C#N)c1. The second kappa shape index (κ2) is 6.50. The van der Waals surface area contributed by atoms with Crippen molar-refractivity contribution >= 4 is 5.91 Å². The van der Waals surface area contributed by atoms with Crippen LogP contribution in [-0.2, 0) is 0 Å². The van der Waals surface area contributed by atoms with Crippen LogP contribution in [0.4, 0.5) is 0 Å². The molecule has 1 amide bonds. The zero-order chi connectivity index (χ0) is 17.0. The van der Waals surface area contributed by atoms with Gasteiger partial charge in [-0.2, -0.15) is 10.5 Å². The third kappa shape index (κ3) is 2.92. The van der Waals surface area contributed by atoms with Gasteiger partial charge in [0, 0.05) is 23.7 Å². The molecule has 0 bridgehead atoms. The summed E-state index contributed by atoms with van der Waals surface area (Å²) in [5, 5.41) is 40.6. The van der Waals surface area contributed by atoms with Gasteiger partial charge in [0.05, 0.1) is 11.6 Å². The zero-order valence-electron chi connectivity index (χ0n) is 12.3. The second-order valence-corrected chi connectivity index (χ2v) is 4.71. The Balaban J connectivity index is 2.71. The van der Waals surface area contributed by atoms with Gasteiger partial charge in [-0.15, -0.1) is 0 Å². The maximum Gasteiger partial charge on any atom is 0.251 e. The van der Waals surface area contributed by atoms with E-state index in [2.05, 4.69) is 5.32 Å². The average molecular weight is 307 g/mol. The molecule has 0 saturated heterocycles. The van der Waals surface area contributed by atoms with Gasteiger partial charge >= 0.3 is 0 Å². The van der Waals surface area contributed by atoms with Crippen LogP contribution < -0.4 is 5.32 Å². The Labute approximate surface area is 132 Å². The average Bonchev–Trinajstić information content (AvgIpc) is 2.57. The summed E-state index contributed by atoms with van der Waals surface area (Å²) in [6.07, 6.45) is 0. The quantitative estimate of drug-likeness (QED) is 0.752. The van der Waals surface area contributed by atoms with Gasteiger partial charge in [0.1, 0.15) is 11.6 Å². The first kappa shape index (κ1) is 15.9. The molecule has 0 saturated carbocycles. The van der Waals surface area contributed by atoms with E-state index in [0.29, 0.717) is 17.7 Å². The Hall–Kier alpha value is -3.51. The van der Waals surface area contributed by atoms with E-state index in [-0.39, 0.29) is 22.6 Å². The Kier molecular flexibility index (Phi) is 4.49. The third-order valence-corrected chi connectivity index (χ3v) is 3.26. The van der Waals surface area contributed by atoms with Crippen LogP contribution in [0.5, 0.6) is 11.5 Å². The zero-order valence-corrected chi connectivity index (χ0v) is 12.3. The molecule has 0 aliphatic rings. The highest BCUT2D eigenvalue weighted by Gasteiger charge is 2.19. The highest BCUT2D eigenvalue weighted by molar-refractivity contribution is 5.96. The van der Waals surface area contributed by atoms with Gasteiger partial charge in [0.2, 0.25) is 0 Å². The van der Waals surface area contributed by atoms with Gasteiger partial charge < -0.3 is 15.5 Å². The highest BCUT2D eigenvalue weighted by Crippen LogP contribution is 2.39. The minimum absolute atomic E-state index is 0.0323. The number of nitriles is 2. The maximum absolute atomic E-state index is 11.9. The molecular weight excluding hydrogens is 294 g/mol. The molecule has 0 aliphatic heterocycles. The van der Waals surface area contributed by atoms with E-state index in [4.69, 9.17) is 0 Å². The van der Waals surface area contributed by atoms with Crippen molar-refractivity contribution < 1.29 is 15.0 Å². The number of nitrogens with zero attached hydrogens (tertiary/aromatic N) is 2. The van der Waals surface area contributed by atoms with Gasteiger partial charge in [-0.3, -0.25) is 4.79 Å². The van der Waals surface area contributed by atoms with Crippen molar-refractivity contribution in [3.05, 3.63) is 47.0 Å². The van der Waals surface area contributed by atoms with E-state index in [1.165, 1.54) is 6.07 Å². The number of phenols is 2. The summed E-state index contributed by atoms with van der Waals surface area (Å²) in [6, 6.07) is 11.1. The summed E-state index contributed by atoms with van der Waals surface area (Å²) in [5.41, 5.74) is 0.790. The Bertz CT molecular complexity index is 861. The number of benzene rings is 2. The molecule has 23 heavy (non-hydrogen) atoms. The lowest BCUT2D eigenvalue weighted by molar-refractivity contribution is 0.0956. The van der Waals surface area contributed by atoms with Crippen molar-refractivity contribution in [3.63, 3.8) is 0 Å². The summed E-state index contributed by atoms with van der Waals surface area (Å²) in [6.45, 7) is 2.26. The monoisotopic (exact) mass is 307 g/mol. The minimum atomic E-state index is -0.593. The van der Waals surface area contributed by atoms with Gasteiger partial charge in [-0.1, -0.05) is 12.1 Å². The van der Waals surface area contributed by atoms with Crippen LogP contribution in [0.25, 0.3) is 11.1 Å². The summed E-state index contributed by atoms with van der Waals surface area (Å²) in [5.74, 6) is -1.42. The number of carbonyl (C=O) groups is 1. The van der Waals surface area contributed by atoms with Crippen LogP contribution in [0.15, 0.2) is 30.3 Å². The predicted octanol–water partition coefficient (Wildman–Crippen LogP) is 2.26. The van der Waals surface area contributed by atoms with E-state index < -0.39 is 11.5 Å². The summed E-state index contributed by atoms with van der Waals surface area (Å²) >= 11 is 0. The number of hydrogen-bond donors (Lipinski definition) is 3. The van der Waals surface area contributed by atoms with E-state index in [1.54, 1.807) is 31.2 Å². The van der Waals surface area contributed by atoms with Crippen molar-refractivity contribution in [1.29, 1.82) is 10.5 Å². The first-order valence-electron chi connectivity index (χ1n) is 6.81. The molecule has 6 heteroatoms. The molecule has 114 valence electrons. The highest BCUT2D eigenvalue weighted by atomic mass is 16.3.